The molecule has 1 aliphatic rings. The zero-order valence-electron chi connectivity index (χ0n) is 15.3. The summed E-state index contributed by atoms with van der Waals surface area (Å²) < 4.78 is 9.79. The van der Waals surface area contributed by atoms with Crippen molar-refractivity contribution in [3.8, 4) is 0 Å². The number of aromatic nitrogens is 1. The van der Waals surface area contributed by atoms with Gasteiger partial charge in [-0.3, -0.25) is 9.59 Å². The summed E-state index contributed by atoms with van der Waals surface area (Å²) in [5.41, 5.74) is 0.525. The molecule has 0 saturated carbocycles. The van der Waals surface area contributed by atoms with Crippen molar-refractivity contribution >= 4 is 34.2 Å². The van der Waals surface area contributed by atoms with E-state index in [1.54, 1.807) is 0 Å². The summed E-state index contributed by atoms with van der Waals surface area (Å²) >= 11 is 1.35. The molecule has 0 saturated heterocycles. The van der Waals surface area contributed by atoms with Crippen LogP contribution in [0.4, 0.5) is 5.00 Å². The number of aryl methyl sites for hydroxylation is 1. The first kappa shape index (κ1) is 19.8. The molecule has 0 unspecified atom stereocenters. The third-order valence-corrected chi connectivity index (χ3v) is 5.64. The van der Waals surface area contributed by atoms with Crippen LogP contribution in [0.5, 0.6) is 0 Å². The van der Waals surface area contributed by atoms with Crippen LogP contribution in [0.15, 0.2) is 23.1 Å². The van der Waals surface area contributed by atoms with Crippen LogP contribution in [-0.2, 0) is 27.1 Å². The molecule has 2 N–H and O–H groups in total. The molecular weight excluding hydrogens is 384 g/mol. The molecule has 3 rings (SSSR count). The van der Waals surface area contributed by atoms with Crippen LogP contribution in [0.2, 0.25) is 0 Å². The Morgan fingerprint density at radius 3 is 2.71 bits per heavy atom. The standard InChI is InChI=1S/C19H20N2O6S/c1-26-19(25)15-11-6-3-2-4-8-13(11)28-17(15)21-14(22)10-27-18(24)12-7-5-9-20-16(12)23/h5,7,9H,2-4,6,8,10H2,1H3,(H,20,23)(H,21,22). The highest BCUT2D eigenvalue weighted by Gasteiger charge is 2.26. The van der Waals surface area contributed by atoms with Gasteiger partial charge >= 0.3 is 11.9 Å². The van der Waals surface area contributed by atoms with E-state index < -0.39 is 30.0 Å². The molecule has 0 bridgehead atoms. The van der Waals surface area contributed by atoms with Gasteiger partial charge in [0.05, 0.1) is 12.7 Å². The number of nitrogens with one attached hydrogen (secondary N) is 2. The Morgan fingerprint density at radius 1 is 1.18 bits per heavy atom. The number of H-pyrrole nitrogens is 1. The number of methoxy groups -OCH3 is 1. The number of carbonyl (C=O) groups excluding carboxylic acids is 3. The number of amides is 1. The second-order valence-electron chi connectivity index (χ2n) is 6.30. The Labute approximate surface area is 164 Å². The molecule has 0 atom stereocenters. The maximum absolute atomic E-state index is 12.3. The van der Waals surface area contributed by atoms with Gasteiger partial charge in [0.15, 0.2) is 6.61 Å². The number of ether oxygens (including phenoxy) is 2. The first-order chi connectivity index (χ1) is 13.5. The van der Waals surface area contributed by atoms with Crippen LogP contribution in [0.3, 0.4) is 0 Å². The highest BCUT2D eigenvalue weighted by molar-refractivity contribution is 7.17. The molecule has 2 heterocycles. The first-order valence-corrected chi connectivity index (χ1v) is 9.70. The summed E-state index contributed by atoms with van der Waals surface area (Å²) in [7, 11) is 1.30. The van der Waals surface area contributed by atoms with E-state index in [4.69, 9.17) is 9.47 Å². The van der Waals surface area contributed by atoms with Gasteiger partial charge in [-0.2, -0.15) is 0 Å². The minimum atomic E-state index is -0.896. The lowest BCUT2D eigenvalue weighted by Crippen LogP contribution is -2.24. The molecule has 2 aromatic rings. The number of thiophene rings is 1. The monoisotopic (exact) mass is 404 g/mol. The predicted octanol–water partition coefficient (Wildman–Crippen LogP) is 2.29. The Balaban J connectivity index is 1.72. The molecule has 0 fully saturated rings. The zero-order valence-corrected chi connectivity index (χ0v) is 16.1. The second-order valence-corrected chi connectivity index (χ2v) is 7.40. The summed E-state index contributed by atoms with van der Waals surface area (Å²) in [6.07, 6.45) is 6.11. The van der Waals surface area contributed by atoms with Crippen LogP contribution in [0.25, 0.3) is 0 Å². The van der Waals surface area contributed by atoms with Gasteiger partial charge in [0, 0.05) is 11.1 Å². The minimum Gasteiger partial charge on any atom is -0.465 e. The topological polar surface area (TPSA) is 115 Å². The summed E-state index contributed by atoms with van der Waals surface area (Å²) in [6.45, 7) is -0.573. The number of esters is 2. The number of hydrogen-bond donors (Lipinski definition) is 2. The fraction of sp³-hybridized carbons (Fsp3) is 0.368. The number of fused-ring (bicyclic) bond motifs is 1. The molecule has 28 heavy (non-hydrogen) atoms. The average Bonchev–Trinajstić information content (AvgIpc) is 2.86. The fourth-order valence-electron chi connectivity index (χ4n) is 3.10. The quantitative estimate of drug-likeness (QED) is 0.584. The zero-order chi connectivity index (χ0) is 20.1. The number of pyridine rings is 1. The molecule has 148 valence electrons. The van der Waals surface area contributed by atoms with Gasteiger partial charge in [-0.25, -0.2) is 9.59 Å². The lowest BCUT2D eigenvalue weighted by Gasteiger charge is -2.08. The largest absolute Gasteiger partial charge is 0.465 e. The SMILES string of the molecule is COC(=O)c1c(NC(=O)COC(=O)c2ccc[nH]c2=O)sc2c1CCCCC2. The second kappa shape index (κ2) is 8.83. The Kier molecular flexibility index (Phi) is 6.25. The van der Waals surface area contributed by atoms with Gasteiger partial charge in [-0.15, -0.1) is 11.3 Å². The van der Waals surface area contributed by atoms with Crippen molar-refractivity contribution in [1.29, 1.82) is 0 Å². The maximum atomic E-state index is 12.3. The van der Waals surface area contributed by atoms with Crippen LogP contribution < -0.4 is 10.9 Å². The van der Waals surface area contributed by atoms with Crippen molar-refractivity contribution in [3.63, 3.8) is 0 Å². The van der Waals surface area contributed by atoms with Gasteiger partial charge in [-0.1, -0.05) is 6.42 Å². The molecule has 0 radical (unpaired) electrons. The summed E-state index contributed by atoms with van der Waals surface area (Å²) in [5.74, 6) is -1.99. The van der Waals surface area contributed by atoms with Crippen molar-refractivity contribution < 1.29 is 23.9 Å². The summed E-state index contributed by atoms with van der Waals surface area (Å²) in [4.78, 5) is 51.5. The van der Waals surface area contributed by atoms with E-state index in [2.05, 4.69) is 10.3 Å². The molecule has 2 aromatic heterocycles. The van der Waals surface area contributed by atoms with Crippen LogP contribution in [0, 0.1) is 0 Å². The van der Waals surface area contributed by atoms with Gasteiger partial charge in [0.1, 0.15) is 10.6 Å². The molecule has 0 aliphatic heterocycles. The highest BCUT2D eigenvalue weighted by Crippen LogP contribution is 2.37. The molecule has 8 nitrogen and oxygen atoms in total. The van der Waals surface area contributed by atoms with E-state index >= 15 is 0 Å². The number of carbonyl (C=O) groups is 3. The predicted molar refractivity (Wildman–Crippen MR) is 103 cm³/mol. The van der Waals surface area contributed by atoms with E-state index in [1.165, 1.54) is 36.8 Å². The summed E-state index contributed by atoms with van der Waals surface area (Å²) in [5, 5.41) is 3.04. The molecule has 0 aromatic carbocycles. The Bertz CT molecular complexity index is 962. The van der Waals surface area contributed by atoms with E-state index in [9.17, 15) is 19.2 Å². The normalized spacial score (nSPS) is 13.2. The van der Waals surface area contributed by atoms with Gasteiger partial charge in [0.2, 0.25) is 0 Å². The number of aromatic amines is 1. The third kappa shape index (κ3) is 4.30. The smallest absolute Gasteiger partial charge is 0.344 e. The maximum Gasteiger partial charge on any atom is 0.344 e. The molecule has 0 spiro atoms. The lowest BCUT2D eigenvalue weighted by atomic mass is 10.1. The van der Waals surface area contributed by atoms with Crippen molar-refractivity contribution in [2.24, 2.45) is 0 Å². The van der Waals surface area contributed by atoms with Crippen molar-refractivity contribution in [2.75, 3.05) is 19.0 Å². The minimum absolute atomic E-state index is 0.187. The average molecular weight is 404 g/mol. The van der Waals surface area contributed by atoms with Crippen LogP contribution in [-0.4, -0.2) is 36.5 Å². The first-order valence-electron chi connectivity index (χ1n) is 8.88. The van der Waals surface area contributed by atoms with E-state index in [0.717, 1.165) is 42.5 Å². The van der Waals surface area contributed by atoms with Crippen molar-refractivity contribution in [1.82, 2.24) is 4.98 Å². The highest BCUT2D eigenvalue weighted by atomic mass is 32.1. The number of anilines is 1. The molecule has 1 amide bonds. The number of hydrogen-bond acceptors (Lipinski definition) is 7. The molecular formula is C19H20N2O6S. The Hall–Kier alpha value is -2.94. The Morgan fingerprint density at radius 2 is 1.96 bits per heavy atom. The lowest BCUT2D eigenvalue weighted by molar-refractivity contribution is -0.119. The van der Waals surface area contributed by atoms with Gasteiger partial charge in [-0.05, 0) is 43.4 Å². The molecule has 9 heteroatoms. The third-order valence-electron chi connectivity index (χ3n) is 4.44. The van der Waals surface area contributed by atoms with Crippen molar-refractivity contribution in [2.45, 2.75) is 32.1 Å². The van der Waals surface area contributed by atoms with Crippen molar-refractivity contribution in [3.05, 3.63) is 50.3 Å². The van der Waals surface area contributed by atoms with E-state index in [0.29, 0.717) is 10.6 Å². The number of rotatable bonds is 5. The molecule has 1 aliphatic carbocycles. The van der Waals surface area contributed by atoms with Gasteiger partial charge < -0.3 is 19.8 Å². The van der Waals surface area contributed by atoms with Crippen LogP contribution in [0.1, 0.15) is 50.4 Å². The van der Waals surface area contributed by atoms with E-state index in [1.807, 2.05) is 0 Å². The van der Waals surface area contributed by atoms with Gasteiger partial charge in [0.25, 0.3) is 11.5 Å². The van der Waals surface area contributed by atoms with Crippen LogP contribution >= 0.6 is 11.3 Å². The summed E-state index contributed by atoms with van der Waals surface area (Å²) in [6, 6.07) is 2.80. The van der Waals surface area contributed by atoms with E-state index in [-0.39, 0.29) is 5.56 Å². The fourth-order valence-corrected chi connectivity index (χ4v) is 4.40.